The van der Waals surface area contributed by atoms with E-state index < -0.39 is 6.09 Å². The number of anilines is 1. The highest BCUT2D eigenvalue weighted by molar-refractivity contribution is 7.16. The van der Waals surface area contributed by atoms with Crippen molar-refractivity contribution >= 4 is 34.4 Å². The number of nitrogens with zero attached hydrogens (tertiary/aromatic N) is 3. The number of aromatic nitrogens is 2. The molecule has 1 aliphatic rings. The summed E-state index contributed by atoms with van der Waals surface area (Å²) >= 11 is 1.41. The van der Waals surface area contributed by atoms with Crippen molar-refractivity contribution in [1.82, 2.24) is 15.1 Å². The number of thiophene rings is 1. The van der Waals surface area contributed by atoms with E-state index >= 15 is 0 Å². The van der Waals surface area contributed by atoms with Gasteiger partial charge in [0, 0.05) is 24.2 Å². The van der Waals surface area contributed by atoms with Crippen LogP contribution in [0.25, 0.3) is 6.08 Å². The number of ether oxygens (including phenoxy) is 1. The van der Waals surface area contributed by atoms with Gasteiger partial charge in [-0.2, -0.15) is 10.4 Å². The van der Waals surface area contributed by atoms with Gasteiger partial charge in [-0.05, 0) is 55.0 Å². The largest absolute Gasteiger partial charge is 0.465 e. The molecule has 4 rings (SSSR count). The maximum absolute atomic E-state index is 12.3. The van der Waals surface area contributed by atoms with Crippen LogP contribution in [-0.4, -0.2) is 28.4 Å². The van der Waals surface area contributed by atoms with Crippen molar-refractivity contribution < 1.29 is 18.7 Å². The minimum absolute atomic E-state index is 0.160. The Balaban J connectivity index is 1.31. The van der Waals surface area contributed by atoms with Crippen molar-refractivity contribution in [3.05, 3.63) is 64.2 Å². The number of alkyl carbamates (subject to hydrolysis) is 1. The number of rotatable bonds is 7. The molecule has 0 fully saturated rings. The summed E-state index contributed by atoms with van der Waals surface area (Å²) in [4.78, 5) is 25.4. The van der Waals surface area contributed by atoms with E-state index in [9.17, 15) is 14.9 Å². The molecule has 0 saturated heterocycles. The minimum atomic E-state index is -0.470. The summed E-state index contributed by atoms with van der Waals surface area (Å²) in [6.45, 7) is 0.641. The molecule has 3 heterocycles. The fourth-order valence-electron chi connectivity index (χ4n) is 3.68. The Kier molecular flexibility index (Phi) is 6.90. The highest BCUT2D eigenvalue weighted by Crippen LogP contribution is 2.39. The number of furan rings is 1. The molecule has 10 heteroatoms. The summed E-state index contributed by atoms with van der Waals surface area (Å²) < 4.78 is 12.3. The summed E-state index contributed by atoms with van der Waals surface area (Å²) in [5.41, 5.74) is 2.37. The number of nitrogens with one attached hydrogen (secondary N) is 2. The molecule has 0 saturated carbocycles. The molecule has 0 bridgehead atoms. The Hall–Kier alpha value is -3.84. The molecule has 3 aromatic rings. The molecule has 9 nitrogen and oxygen atoms in total. The third-order valence-corrected chi connectivity index (χ3v) is 6.61. The van der Waals surface area contributed by atoms with Gasteiger partial charge < -0.3 is 19.8 Å². The lowest BCUT2D eigenvalue weighted by molar-refractivity contribution is -0.111. The van der Waals surface area contributed by atoms with Crippen LogP contribution < -0.4 is 10.6 Å². The van der Waals surface area contributed by atoms with Crippen LogP contribution >= 0.6 is 11.3 Å². The molecule has 1 unspecified atom stereocenters. The van der Waals surface area contributed by atoms with Gasteiger partial charge in [-0.3, -0.25) is 9.48 Å². The lowest BCUT2D eigenvalue weighted by Crippen LogP contribution is -2.28. The van der Waals surface area contributed by atoms with Crippen LogP contribution in [0.5, 0.6) is 0 Å². The van der Waals surface area contributed by atoms with Crippen LogP contribution in [0.4, 0.5) is 9.80 Å². The normalized spacial score (nSPS) is 15.1. The second-order valence-electron chi connectivity index (χ2n) is 7.66. The standard InChI is InChI=1S/C23H23N5O4S/c1-28-16(8-9-26-28)13-25-23(30)32-14-15-4-6-18-19(12-24)22(33-20(18)11-15)27-21(29)7-5-17-3-2-10-31-17/h2-3,5,7-10,15H,4,6,11,13-14H2,1H3,(H,25,30)(H,27,29). The number of nitriles is 1. The maximum atomic E-state index is 12.3. The van der Waals surface area contributed by atoms with Gasteiger partial charge >= 0.3 is 6.09 Å². The first-order chi connectivity index (χ1) is 16.0. The third-order valence-electron chi connectivity index (χ3n) is 5.44. The maximum Gasteiger partial charge on any atom is 0.407 e. The zero-order valence-electron chi connectivity index (χ0n) is 18.0. The number of hydrogen-bond donors (Lipinski definition) is 2. The number of carbonyl (C=O) groups is 2. The molecule has 0 aliphatic heterocycles. The van der Waals surface area contributed by atoms with Crippen LogP contribution in [0.15, 0.2) is 41.2 Å². The SMILES string of the molecule is Cn1nccc1CNC(=O)OCC1CCc2c(sc(NC(=O)C=Cc3ccco3)c2C#N)C1. The van der Waals surface area contributed by atoms with E-state index in [1.54, 1.807) is 29.1 Å². The van der Waals surface area contributed by atoms with Crippen molar-refractivity contribution in [1.29, 1.82) is 5.26 Å². The lowest BCUT2D eigenvalue weighted by atomic mass is 9.88. The second-order valence-corrected chi connectivity index (χ2v) is 8.77. The van der Waals surface area contributed by atoms with Gasteiger partial charge in [0.1, 0.15) is 16.8 Å². The first-order valence-electron chi connectivity index (χ1n) is 10.5. The van der Waals surface area contributed by atoms with E-state index in [1.165, 1.54) is 23.7 Å². The molecule has 0 aromatic carbocycles. The average molecular weight is 466 g/mol. The van der Waals surface area contributed by atoms with Crippen molar-refractivity contribution in [2.24, 2.45) is 13.0 Å². The van der Waals surface area contributed by atoms with Gasteiger partial charge in [-0.15, -0.1) is 11.3 Å². The van der Waals surface area contributed by atoms with E-state index in [0.29, 0.717) is 42.3 Å². The summed E-state index contributed by atoms with van der Waals surface area (Å²) in [5.74, 6) is 0.405. The molecule has 2 amide bonds. The zero-order chi connectivity index (χ0) is 23.2. The van der Waals surface area contributed by atoms with Crippen LogP contribution in [-0.2, 0) is 36.0 Å². The summed E-state index contributed by atoms with van der Waals surface area (Å²) in [6.07, 6.45) is 7.88. The van der Waals surface area contributed by atoms with E-state index in [2.05, 4.69) is 21.8 Å². The van der Waals surface area contributed by atoms with E-state index in [0.717, 1.165) is 22.6 Å². The third kappa shape index (κ3) is 5.51. The molecule has 170 valence electrons. The summed E-state index contributed by atoms with van der Waals surface area (Å²) in [7, 11) is 1.81. The first kappa shape index (κ1) is 22.4. The second kappa shape index (κ2) is 10.2. The van der Waals surface area contributed by atoms with E-state index in [1.807, 2.05) is 13.1 Å². The molecule has 0 radical (unpaired) electrons. The van der Waals surface area contributed by atoms with Crippen molar-refractivity contribution in [3.63, 3.8) is 0 Å². The predicted molar refractivity (Wildman–Crippen MR) is 122 cm³/mol. The Labute approximate surface area is 194 Å². The Morgan fingerprint density at radius 3 is 3.06 bits per heavy atom. The zero-order valence-corrected chi connectivity index (χ0v) is 18.9. The predicted octanol–water partition coefficient (Wildman–Crippen LogP) is 3.63. The Morgan fingerprint density at radius 2 is 2.33 bits per heavy atom. The number of aryl methyl sites for hydroxylation is 1. The number of carbonyl (C=O) groups excluding carboxylic acids is 2. The summed E-state index contributed by atoms with van der Waals surface area (Å²) in [5, 5.41) is 19.8. The lowest BCUT2D eigenvalue weighted by Gasteiger charge is -2.21. The molecule has 1 atom stereocenters. The molecule has 33 heavy (non-hydrogen) atoms. The fourth-order valence-corrected chi connectivity index (χ4v) is 5.00. The van der Waals surface area contributed by atoms with Gasteiger partial charge in [-0.1, -0.05) is 0 Å². The van der Waals surface area contributed by atoms with Gasteiger partial charge in [0.2, 0.25) is 5.91 Å². The van der Waals surface area contributed by atoms with Gasteiger partial charge in [0.05, 0.1) is 30.7 Å². The van der Waals surface area contributed by atoms with E-state index in [4.69, 9.17) is 9.15 Å². The van der Waals surface area contributed by atoms with Gasteiger partial charge in [0.15, 0.2) is 0 Å². The Morgan fingerprint density at radius 1 is 1.45 bits per heavy atom. The number of amides is 2. The van der Waals surface area contributed by atoms with Gasteiger partial charge in [-0.25, -0.2) is 4.79 Å². The fraction of sp³-hybridized carbons (Fsp3) is 0.304. The van der Waals surface area contributed by atoms with Crippen LogP contribution in [0.3, 0.4) is 0 Å². The Bertz CT molecular complexity index is 1200. The molecular weight excluding hydrogens is 442 g/mol. The van der Waals surface area contributed by atoms with Crippen molar-refractivity contribution in [3.8, 4) is 6.07 Å². The topological polar surface area (TPSA) is 122 Å². The molecular formula is C23H23N5O4S. The monoisotopic (exact) mass is 465 g/mol. The van der Waals surface area contributed by atoms with Gasteiger partial charge in [0.25, 0.3) is 0 Å². The van der Waals surface area contributed by atoms with Crippen LogP contribution in [0.1, 0.15) is 33.9 Å². The first-order valence-corrected chi connectivity index (χ1v) is 11.3. The van der Waals surface area contributed by atoms with Crippen LogP contribution in [0.2, 0.25) is 0 Å². The summed E-state index contributed by atoms with van der Waals surface area (Å²) in [6, 6.07) is 7.54. The number of fused-ring (bicyclic) bond motifs is 1. The molecule has 1 aliphatic carbocycles. The molecule has 0 spiro atoms. The van der Waals surface area contributed by atoms with Crippen molar-refractivity contribution in [2.45, 2.75) is 25.8 Å². The average Bonchev–Trinajstić information content (AvgIpc) is 3.54. The quantitative estimate of drug-likeness (QED) is 0.514. The molecule has 3 aromatic heterocycles. The number of hydrogen-bond acceptors (Lipinski definition) is 7. The minimum Gasteiger partial charge on any atom is -0.465 e. The van der Waals surface area contributed by atoms with Crippen LogP contribution in [0, 0.1) is 17.2 Å². The highest BCUT2D eigenvalue weighted by atomic mass is 32.1. The van der Waals surface area contributed by atoms with Crippen molar-refractivity contribution in [2.75, 3.05) is 11.9 Å². The van der Waals surface area contributed by atoms with E-state index in [-0.39, 0.29) is 11.8 Å². The highest BCUT2D eigenvalue weighted by Gasteiger charge is 2.27. The smallest absolute Gasteiger partial charge is 0.407 e. The molecule has 2 N–H and O–H groups in total.